The lowest BCUT2D eigenvalue weighted by Gasteiger charge is -2.13. The molecule has 0 radical (unpaired) electrons. The second-order valence-electron chi connectivity index (χ2n) is 6.01. The van der Waals surface area contributed by atoms with Crippen molar-refractivity contribution in [1.29, 1.82) is 0 Å². The van der Waals surface area contributed by atoms with Crippen LogP contribution in [0.15, 0.2) is 69.1 Å². The average Bonchev–Trinajstić information content (AvgIpc) is 2.67. The number of rotatable bonds is 6. The van der Waals surface area contributed by atoms with E-state index in [1.165, 1.54) is 22.4 Å². The van der Waals surface area contributed by atoms with Crippen LogP contribution in [0.4, 0.5) is 5.82 Å². The van der Waals surface area contributed by atoms with E-state index in [1.807, 2.05) is 31.2 Å². The fourth-order valence-corrected chi connectivity index (χ4v) is 3.24. The number of aromatic amines is 1. The molecule has 0 aliphatic rings. The number of amides is 1. The molecule has 7 nitrogen and oxygen atoms in total. The van der Waals surface area contributed by atoms with Gasteiger partial charge in [-0.05, 0) is 43.3 Å². The number of aryl methyl sites for hydroxylation is 1. The van der Waals surface area contributed by atoms with Gasteiger partial charge in [0.1, 0.15) is 11.6 Å². The van der Waals surface area contributed by atoms with Crippen molar-refractivity contribution in [2.45, 2.75) is 11.8 Å². The molecule has 0 saturated heterocycles. The summed E-state index contributed by atoms with van der Waals surface area (Å²) in [5.41, 5.74) is 0.403. The van der Waals surface area contributed by atoms with Crippen molar-refractivity contribution in [2.24, 2.45) is 0 Å². The van der Waals surface area contributed by atoms with Gasteiger partial charge in [-0.2, -0.15) is 0 Å². The molecule has 0 fully saturated rings. The van der Waals surface area contributed by atoms with Gasteiger partial charge >= 0.3 is 5.69 Å². The van der Waals surface area contributed by atoms with Gasteiger partial charge in [-0.15, -0.1) is 11.8 Å². The summed E-state index contributed by atoms with van der Waals surface area (Å²) in [6.45, 7) is 1.99. The van der Waals surface area contributed by atoms with E-state index < -0.39 is 11.2 Å². The molecule has 0 saturated carbocycles. The largest absolute Gasteiger partial charge is 0.497 e. The molecule has 2 aromatic carbocycles. The number of nitrogens with zero attached hydrogens (tertiary/aromatic N) is 1. The molecular formula is C20H19N3O4S. The number of benzene rings is 2. The lowest BCUT2D eigenvalue weighted by Crippen LogP contribution is -2.32. The summed E-state index contributed by atoms with van der Waals surface area (Å²) >= 11 is 1.37. The Morgan fingerprint density at radius 1 is 1.11 bits per heavy atom. The van der Waals surface area contributed by atoms with Crippen LogP contribution in [0.25, 0.3) is 5.69 Å². The highest BCUT2D eigenvalue weighted by Crippen LogP contribution is 2.19. The van der Waals surface area contributed by atoms with Crippen LogP contribution in [0, 0.1) is 6.92 Å². The number of thioether (sulfide) groups is 1. The Morgan fingerprint density at radius 3 is 2.43 bits per heavy atom. The van der Waals surface area contributed by atoms with Gasteiger partial charge < -0.3 is 10.1 Å². The van der Waals surface area contributed by atoms with E-state index in [9.17, 15) is 14.4 Å². The lowest BCUT2D eigenvalue weighted by molar-refractivity contribution is -0.113. The average molecular weight is 397 g/mol. The number of carbonyl (C=O) groups excluding carboxylic acids is 1. The summed E-state index contributed by atoms with van der Waals surface area (Å²) < 4.78 is 6.34. The Labute approximate surface area is 165 Å². The minimum Gasteiger partial charge on any atom is -0.497 e. The van der Waals surface area contributed by atoms with E-state index in [2.05, 4.69) is 10.3 Å². The van der Waals surface area contributed by atoms with Crippen molar-refractivity contribution in [2.75, 3.05) is 18.2 Å². The molecule has 0 spiro atoms. The third kappa shape index (κ3) is 4.72. The third-order valence-electron chi connectivity index (χ3n) is 3.93. The highest BCUT2D eigenvalue weighted by atomic mass is 32.2. The first-order valence-electron chi connectivity index (χ1n) is 8.46. The fraction of sp³-hybridized carbons (Fsp3) is 0.150. The van der Waals surface area contributed by atoms with E-state index in [1.54, 1.807) is 31.4 Å². The number of carbonyl (C=O) groups is 1. The standard InChI is InChI=1S/C20H19N3O4S/c1-13-3-9-16(10-4-13)28-12-19(25)21-17-11-18(24)22-20(26)23(17)14-5-7-15(27-2)8-6-14/h3-11H,12H2,1-2H3,(H,21,25)(H,22,24,26). The number of ether oxygens (including phenoxy) is 1. The quantitative estimate of drug-likeness (QED) is 0.624. The highest BCUT2D eigenvalue weighted by Gasteiger charge is 2.12. The molecule has 0 bridgehead atoms. The van der Waals surface area contributed by atoms with Crippen LogP contribution in [-0.4, -0.2) is 28.3 Å². The highest BCUT2D eigenvalue weighted by molar-refractivity contribution is 8.00. The Balaban J connectivity index is 1.82. The zero-order valence-corrected chi connectivity index (χ0v) is 16.2. The molecule has 0 aliphatic heterocycles. The summed E-state index contributed by atoms with van der Waals surface area (Å²) in [6, 6.07) is 15.7. The predicted octanol–water partition coefficient (Wildman–Crippen LogP) is 2.57. The van der Waals surface area contributed by atoms with Crippen LogP contribution in [-0.2, 0) is 4.79 Å². The number of hydrogen-bond donors (Lipinski definition) is 2. The summed E-state index contributed by atoms with van der Waals surface area (Å²) in [6.07, 6.45) is 0. The van der Waals surface area contributed by atoms with E-state index in [4.69, 9.17) is 4.74 Å². The summed E-state index contributed by atoms with van der Waals surface area (Å²) in [5.74, 6) is 0.555. The number of methoxy groups -OCH3 is 1. The summed E-state index contributed by atoms with van der Waals surface area (Å²) in [5, 5.41) is 2.65. The number of aromatic nitrogens is 2. The molecule has 1 heterocycles. The number of H-pyrrole nitrogens is 1. The minimum absolute atomic E-state index is 0.105. The number of hydrogen-bond acceptors (Lipinski definition) is 5. The molecular weight excluding hydrogens is 378 g/mol. The first-order valence-corrected chi connectivity index (χ1v) is 9.45. The van der Waals surface area contributed by atoms with E-state index in [0.29, 0.717) is 11.4 Å². The lowest BCUT2D eigenvalue weighted by atomic mass is 10.2. The smallest absolute Gasteiger partial charge is 0.334 e. The van der Waals surface area contributed by atoms with Crippen LogP contribution >= 0.6 is 11.8 Å². The molecule has 144 valence electrons. The number of anilines is 1. The SMILES string of the molecule is COc1ccc(-n2c(NC(=O)CSc3ccc(C)cc3)cc(=O)[nH]c2=O)cc1. The van der Waals surface area contributed by atoms with Crippen LogP contribution in [0.3, 0.4) is 0 Å². The van der Waals surface area contributed by atoms with Crippen molar-refractivity contribution in [3.8, 4) is 11.4 Å². The van der Waals surface area contributed by atoms with E-state index in [-0.39, 0.29) is 17.5 Å². The molecule has 1 aromatic heterocycles. The zero-order chi connectivity index (χ0) is 20.1. The van der Waals surface area contributed by atoms with Crippen molar-refractivity contribution >= 4 is 23.5 Å². The molecule has 2 N–H and O–H groups in total. The van der Waals surface area contributed by atoms with E-state index >= 15 is 0 Å². The van der Waals surface area contributed by atoms with Gasteiger partial charge in [-0.25, -0.2) is 9.36 Å². The van der Waals surface area contributed by atoms with Crippen molar-refractivity contribution in [3.05, 3.63) is 81.0 Å². The molecule has 28 heavy (non-hydrogen) atoms. The summed E-state index contributed by atoms with van der Waals surface area (Å²) in [7, 11) is 1.54. The Bertz CT molecular complexity index is 1090. The first-order chi connectivity index (χ1) is 13.5. The first kappa shape index (κ1) is 19.5. The second kappa shape index (κ2) is 8.62. The second-order valence-corrected chi connectivity index (χ2v) is 7.06. The molecule has 0 atom stereocenters. The van der Waals surface area contributed by atoms with Gasteiger partial charge in [0, 0.05) is 11.0 Å². The molecule has 8 heteroatoms. The Hall–Kier alpha value is -3.26. The van der Waals surface area contributed by atoms with Gasteiger partial charge in [-0.1, -0.05) is 17.7 Å². The third-order valence-corrected chi connectivity index (χ3v) is 4.94. The minimum atomic E-state index is -0.640. The maximum atomic E-state index is 12.4. The van der Waals surface area contributed by atoms with Gasteiger partial charge in [0.15, 0.2) is 0 Å². The maximum Gasteiger partial charge on any atom is 0.334 e. The van der Waals surface area contributed by atoms with E-state index in [0.717, 1.165) is 10.5 Å². The van der Waals surface area contributed by atoms with Crippen LogP contribution in [0.2, 0.25) is 0 Å². The Kier molecular flexibility index (Phi) is 6.00. The van der Waals surface area contributed by atoms with Gasteiger partial charge in [0.25, 0.3) is 5.56 Å². The van der Waals surface area contributed by atoms with Crippen LogP contribution in [0.1, 0.15) is 5.56 Å². The molecule has 0 unspecified atom stereocenters. The monoisotopic (exact) mass is 397 g/mol. The zero-order valence-electron chi connectivity index (χ0n) is 15.4. The van der Waals surface area contributed by atoms with Crippen molar-refractivity contribution < 1.29 is 9.53 Å². The normalized spacial score (nSPS) is 10.5. The Morgan fingerprint density at radius 2 is 1.79 bits per heavy atom. The van der Waals surface area contributed by atoms with Crippen molar-refractivity contribution in [3.63, 3.8) is 0 Å². The molecule has 1 amide bonds. The van der Waals surface area contributed by atoms with Gasteiger partial charge in [-0.3, -0.25) is 14.6 Å². The summed E-state index contributed by atoms with van der Waals surface area (Å²) in [4.78, 5) is 39.6. The van der Waals surface area contributed by atoms with Crippen molar-refractivity contribution in [1.82, 2.24) is 9.55 Å². The fourth-order valence-electron chi connectivity index (χ4n) is 2.54. The predicted molar refractivity (Wildman–Crippen MR) is 110 cm³/mol. The van der Waals surface area contributed by atoms with Crippen LogP contribution < -0.4 is 21.3 Å². The van der Waals surface area contributed by atoms with Crippen LogP contribution in [0.5, 0.6) is 5.75 Å². The topological polar surface area (TPSA) is 93.2 Å². The number of nitrogens with one attached hydrogen (secondary N) is 2. The molecule has 0 aliphatic carbocycles. The molecule has 3 rings (SSSR count). The van der Waals surface area contributed by atoms with Gasteiger partial charge in [0.05, 0.1) is 18.6 Å². The van der Waals surface area contributed by atoms with Gasteiger partial charge in [0.2, 0.25) is 5.91 Å². The molecule has 3 aromatic rings. The maximum absolute atomic E-state index is 12.4.